The summed E-state index contributed by atoms with van der Waals surface area (Å²) in [5.74, 6) is 0.206. The van der Waals surface area contributed by atoms with E-state index < -0.39 is 0 Å². The Morgan fingerprint density at radius 1 is 1.40 bits per heavy atom. The summed E-state index contributed by atoms with van der Waals surface area (Å²) in [5, 5.41) is 3.06. The molecule has 1 N–H and O–H groups in total. The maximum absolute atomic E-state index is 12.4. The summed E-state index contributed by atoms with van der Waals surface area (Å²) in [5.41, 5.74) is 1.14. The maximum atomic E-state index is 12.4. The molecule has 1 aromatic rings. The van der Waals surface area contributed by atoms with Crippen LogP contribution in [0.15, 0.2) is 30.3 Å². The third kappa shape index (κ3) is 3.58. The molecule has 3 atom stereocenters. The molecule has 1 heterocycles. The van der Waals surface area contributed by atoms with Crippen molar-refractivity contribution in [2.45, 2.75) is 26.1 Å². The summed E-state index contributed by atoms with van der Waals surface area (Å²) < 4.78 is 5.98. The predicted octanol–water partition coefficient (Wildman–Crippen LogP) is 1.83. The minimum Gasteiger partial charge on any atom is -0.367 e. The number of morpholine rings is 1. The van der Waals surface area contributed by atoms with Crippen LogP contribution in [0.1, 0.15) is 25.5 Å². The van der Waals surface area contributed by atoms with Gasteiger partial charge >= 0.3 is 0 Å². The van der Waals surface area contributed by atoms with Crippen LogP contribution >= 0.6 is 0 Å². The molecule has 0 spiro atoms. The van der Waals surface area contributed by atoms with Crippen LogP contribution in [0.25, 0.3) is 0 Å². The number of carbonyl (C=O) groups excluding carboxylic acids is 1. The van der Waals surface area contributed by atoms with Gasteiger partial charge in [-0.25, -0.2) is 0 Å². The largest absolute Gasteiger partial charge is 0.367 e. The van der Waals surface area contributed by atoms with Crippen molar-refractivity contribution >= 4 is 5.91 Å². The maximum Gasteiger partial charge on any atom is 0.226 e. The van der Waals surface area contributed by atoms with Crippen LogP contribution in [0.4, 0.5) is 0 Å². The molecule has 0 radical (unpaired) electrons. The lowest BCUT2D eigenvalue weighted by atomic mass is 10.0. The van der Waals surface area contributed by atoms with Crippen LogP contribution in [0.3, 0.4) is 0 Å². The zero-order valence-corrected chi connectivity index (χ0v) is 12.5. The lowest BCUT2D eigenvalue weighted by Crippen LogP contribution is -2.48. The van der Waals surface area contributed by atoms with Crippen LogP contribution in [-0.4, -0.2) is 43.6 Å². The topological polar surface area (TPSA) is 41.6 Å². The number of rotatable bonds is 4. The predicted molar refractivity (Wildman–Crippen MR) is 79.4 cm³/mol. The van der Waals surface area contributed by atoms with E-state index in [-0.39, 0.29) is 24.0 Å². The molecule has 0 saturated carbocycles. The van der Waals surface area contributed by atoms with Crippen molar-refractivity contribution in [3.8, 4) is 0 Å². The van der Waals surface area contributed by atoms with Gasteiger partial charge in [-0.3, -0.25) is 4.79 Å². The fourth-order valence-electron chi connectivity index (χ4n) is 2.69. The highest BCUT2D eigenvalue weighted by Gasteiger charge is 2.31. The Labute approximate surface area is 121 Å². The summed E-state index contributed by atoms with van der Waals surface area (Å²) in [6.45, 7) is 6.02. The Morgan fingerprint density at radius 3 is 2.75 bits per heavy atom. The van der Waals surface area contributed by atoms with Crippen molar-refractivity contribution in [2.75, 3.05) is 26.7 Å². The van der Waals surface area contributed by atoms with Gasteiger partial charge in [0.05, 0.1) is 12.6 Å². The first-order chi connectivity index (χ1) is 9.61. The van der Waals surface area contributed by atoms with Gasteiger partial charge in [0.1, 0.15) is 6.10 Å². The van der Waals surface area contributed by atoms with Gasteiger partial charge < -0.3 is 15.0 Å². The molecule has 20 heavy (non-hydrogen) atoms. The van der Waals surface area contributed by atoms with E-state index in [0.717, 1.165) is 5.56 Å². The van der Waals surface area contributed by atoms with Gasteiger partial charge in [0, 0.05) is 19.0 Å². The monoisotopic (exact) mass is 276 g/mol. The molecule has 1 aliphatic rings. The van der Waals surface area contributed by atoms with Crippen molar-refractivity contribution in [1.29, 1.82) is 0 Å². The van der Waals surface area contributed by atoms with Crippen LogP contribution < -0.4 is 5.32 Å². The second kappa shape index (κ2) is 6.86. The van der Waals surface area contributed by atoms with Gasteiger partial charge in [-0.05, 0) is 19.5 Å². The standard InChI is InChI=1S/C16H24N2O2/c1-12(9-17-3)16(19)18-10-13(2)20-15(11-18)14-7-5-4-6-8-14/h4-8,12-13,15,17H,9-11H2,1-3H3. The molecule has 1 amide bonds. The number of ether oxygens (including phenoxy) is 1. The van der Waals surface area contributed by atoms with E-state index in [1.54, 1.807) is 0 Å². The van der Waals surface area contributed by atoms with Crippen molar-refractivity contribution < 1.29 is 9.53 Å². The number of hydrogen-bond acceptors (Lipinski definition) is 3. The smallest absolute Gasteiger partial charge is 0.226 e. The first-order valence-corrected chi connectivity index (χ1v) is 7.25. The third-order valence-electron chi connectivity index (χ3n) is 3.68. The fourth-order valence-corrected chi connectivity index (χ4v) is 2.69. The quantitative estimate of drug-likeness (QED) is 0.912. The van der Waals surface area contributed by atoms with Crippen LogP contribution in [0.2, 0.25) is 0 Å². The van der Waals surface area contributed by atoms with Gasteiger partial charge in [-0.15, -0.1) is 0 Å². The van der Waals surface area contributed by atoms with Crippen LogP contribution in [0.5, 0.6) is 0 Å². The molecule has 1 aromatic carbocycles. The van der Waals surface area contributed by atoms with Crippen LogP contribution in [-0.2, 0) is 9.53 Å². The normalized spacial score (nSPS) is 24.4. The summed E-state index contributed by atoms with van der Waals surface area (Å²) in [4.78, 5) is 14.4. The highest BCUT2D eigenvalue weighted by molar-refractivity contribution is 5.79. The lowest BCUT2D eigenvalue weighted by Gasteiger charge is -2.38. The number of benzene rings is 1. The van der Waals surface area contributed by atoms with E-state index >= 15 is 0 Å². The minimum absolute atomic E-state index is 0.00160. The molecule has 4 nitrogen and oxygen atoms in total. The van der Waals surface area contributed by atoms with E-state index in [0.29, 0.717) is 19.6 Å². The van der Waals surface area contributed by atoms with Gasteiger partial charge in [0.15, 0.2) is 0 Å². The van der Waals surface area contributed by atoms with Gasteiger partial charge in [0.2, 0.25) is 5.91 Å². The summed E-state index contributed by atoms with van der Waals surface area (Å²) in [6.07, 6.45) is 0.0466. The van der Waals surface area contributed by atoms with Crippen molar-refractivity contribution in [2.24, 2.45) is 5.92 Å². The fraction of sp³-hybridized carbons (Fsp3) is 0.562. The van der Waals surface area contributed by atoms with Gasteiger partial charge in [0.25, 0.3) is 0 Å². The average Bonchev–Trinajstić information content (AvgIpc) is 2.47. The van der Waals surface area contributed by atoms with Gasteiger partial charge in [-0.2, -0.15) is 0 Å². The molecule has 0 aliphatic carbocycles. The molecular formula is C16H24N2O2. The van der Waals surface area contributed by atoms with Crippen molar-refractivity contribution in [1.82, 2.24) is 10.2 Å². The molecule has 0 bridgehead atoms. The Bertz CT molecular complexity index is 435. The van der Waals surface area contributed by atoms with E-state index in [1.165, 1.54) is 0 Å². The molecular weight excluding hydrogens is 252 g/mol. The van der Waals surface area contributed by atoms with Crippen LogP contribution in [0, 0.1) is 5.92 Å². The van der Waals surface area contributed by atoms with Crippen molar-refractivity contribution in [3.05, 3.63) is 35.9 Å². The van der Waals surface area contributed by atoms with Crippen molar-refractivity contribution in [3.63, 3.8) is 0 Å². The number of carbonyl (C=O) groups is 1. The van der Waals surface area contributed by atoms with E-state index in [1.807, 2.05) is 44.0 Å². The molecule has 0 aromatic heterocycles. The lowest BCUT2D eigenvalue weighted by molar-refractivity contribution is -0.148. The zero-order valence-electron chi connectivity index (χ0n) is 12.5. The van der Waals surface area contributed by atoms with E-state index in [4.69, 9.17) is 4.74 Å². The molecule has 2 rings (SSSR count). The molecule has 110 valence electrons. The Balaban J connectivity index is 2.06. The SMILES string of the molecule is CNCC(C)C(=O)N1CC(C)OC(c2ccccc2)C1. The number of nitrogens with one attached hydrogen (secondary N) is 1. The number of hydrogen-bond donors (Lipinski definition) is 1. The minimum atomic E-state index is -0.0225. The van der Waals surface area contributed by atoms with E-state index in [2.05, 4.69) is 17.4 Å². The molecule has 4 heteroatoms. The highest BCUT2D eigenvalue weighted by atomic mass is 16.5. The third-order valence-corrected chi connectivity index (χ3v) is 3.68. The Kier molecular flexibility index (Phi) is 5.15. The first kappa shape index (κ1) is 15.0. The molecule has 3 unspecified atom stereocenters. The second-order valence-electron chi connectivity index (χ2n) is 5.55. The zero-order chi connectivity index (χ0) is 14.5. The first-order valence-electron chi connectivity index (χ1n) is 7.25. The second-order valence-corrected chi connectivity index (χ2v) is 5.55. The molecule has 1 saturated heterocycles. The summed E-state index contributed by atoms with van der Waals surface area (Å²) >= 11 is 0. The molecule has 1 aliphatic heterocycles. The van der Waals surface area contributed by atoms with Gasteiger partial charge in [-0.1, -0.05) is 37.3 Å². The number of amides is 1. The average molecular weight is 276 g/mol. The summed E-state index contributed by atoms with van der Waals surface area (Å²) in [6, 6.07) is 10.1. The number of nitrogens with zero attached hydrogens (tertiary/aromatic N) is 1. The molecule has 1 fully saturated rings. The van der Waals surface area contributed by atoms with E-state index in [9.17, 15) is 4.79 Å². The highest BCUT2D eigenvalue weighted by Crippen LogP contribution is 2.25. The Morgan fingerprint density at radius 2 is 2.10 bits per heavy atom. The Hall–Kier alpha value is -1.39. The summed E-state index contributed by atoms with van der Waals surface area (Å²) in [7, 11) is 1.87.